The number of hydrogen-bond donors (Lipinski definition) is 0. The van der Waals surface area contributed by atoms with Gasteiger partial charge in [-0.15, -0.1) is 0 Å². The summed E-state index contributed by atoms with van der Waals surface area (Å²) in [6, 6.07) is 8.65. The third-order valence-corrected chi connectivity index (χ3v) is 23.5. The van der Waals surface area contributed by atoms with Gasteiger partial charge in [0.25, 0.3) is 0 Å². The molecule has 7 nitrogen and oxygen atoms in total. The first kappa shape index (κ1) is 45.6. The number of rotatable bonds is 19. The van der Waals surface area contributed by atoms with E-state index in [0.717, 1.165) is 25.7 Å². The quantitative estimate of drug-likeness (QED) is 0.0600. The molecule has 0 amide bonds. The van der Waals surface area contributed by atoms with Crippen LogP contribution in [-0.2, 0) is 28.2 Å². The summed E-state index contributed by atoms with van der Waals surface area (Å²) in [5, 5.41) is -0.00756. The van der Waals surface area contributed by atoms with Crippen molar-refractivity contribution < 1.29 is 26.8 Å². The summed E-state index contributed by atoms with van der Waals surface area (Å²) in [5.74, 6) is -0.667. The number of nitrogens with zero attached hydrogens (tertiary/aromatic N) is 1. The molecule has 0 bridgehead atoms. The third-order valence-electron chi connectivity index (χ3n) is 11.9. The molecule has 0 unspecified atom stereocenters. The van der Waals surface area contributed by atoms with Gasteiger partial charge in [0, 0.05) is 18.4 Å². The number of esters is 1. The fraction of sp³-hybridized carbons (Fsp3) is 0.732. The van der Waals surface area contributed by atoms with E-state index in [4.69, 9.17) is 13.6 Å². The minimum absolute atomic E-state index is 0.0419. The lowest BCUT2D eigenvalue weighted by molar-refractivity contribution is -0.140. The van der Waals surface area contributed by atoms with Gasteiger partial charge in [-0.1, -0.05) is 110 Å². The van der Waals surface area contributed by atoms with Crippen LogP contribution in [0.4, 0.5) is 0 Å². The van der Waals surface area contributed by atoms with Crippen LogP contribution in [0.3, 0.4) is 0 Å². The fourth-order valence-electron chi connectivity index (χ4n) is 6.71. The zero-order chi connectivity index (χ0) is 38.9. The maximum atomic E-state index is 15.4. The lowest BCUT2D eigenvalue weighted by Crippen LogP contribution is -2.55. The van der Waals surface area contributed by atoms with E-state index < -0.39 is 37.1 Å². The minimum Gasteiger partial charge on any atom is -0.469 e. The Morgan fingerprint density at radius 1 is 0.961 bits per heavy atom. The summed E-state index contributed by atoms with van der Waals surface area (Å²) in [6.45, 7) is 24.9. The Balaban J connectivity index is 2.88. The van der Waals surface area contributed by atoms with Crippen LogP contribution in [0.15, 0.2) is 59.5 Å². The lowest BCUT2D eigenvalue weighted by Gasteiger charge is -2.43. The molecule has 1 aliphatic carbocycles. The molecular formula is C41H73NO6SSi2. The Labute approximate surface area is 315 Å². The van der Waals surface area contributed by atoms with Gasteiger partial charge in [0.1, 0.15) is 4.75 Å². The van der Waals surface area contributed by atoms with Gasteiger partial charge in [-0.25, -0.2) is 8.42 Å². The van der Waals surface area contributed by atoms with Crippen LogP contribution in [0.1, 0.15) is 106 Å². The van der Waals surface area contributed by atoms with Crippen molar-refractivity contribution in [2.24, 2.45) is 5.92 Å². The van der Waals surface area contributed by atoms with Crippen LogP contribution in [0.2, 0.25) is 36.3 Å². The van der Waals surface area contributed by atoms with Crippen molar-refractivity contribution in [3.8, 4) is 0 Å². The largest absolute Gasteiger partial charge is 0.469 e. The summed E-state index contributed by atoms with van der Waals surface area (Å²) in [4.78, 5) is 14.2. The summed E-state index contributed by atoms with van der Waals surface area (Å²) >= 11 is 0. The molecule has 0 saturated heterocycles. The fourth-order valence-corrected chi connectivity index (χ4v) is 11.9. The highest BCUT2D eigenvalue weighted by Crippen LogP contribution is 2.53. The Morgan fingerprint density at radius 2 is 1.57 bits per heavy atom. The summed E-state index contributed by atoms with van der Waals surface area (Å²) < 4.78 is 48.8. The molecule has 5 atom stereocenters. The number of allylic oxidation sites excluding steroid dienone is 2. The van der Waals surface area contributed by atoms with Gasteiger partial charge in [0.15, 0.2) is 26.5 Å². The highest BCUT2D eigenvalue weighted by atomic mass is 32.2. The molecule has 51 heavy (non-hydrogen) atoms. The smallest absolute Gasteiger partial charge is 0.305 e. The first-order chi connectivity index (χ1) is 23.5. The molecule has 0 radical (unpaired) electrons. The second-order valence-corrected chi connectivity index (χ2v) is 29.6. The van der Waals surface area contributed by atoms with Gasteiger partial charge in [0.2, 0.25) is 0 Å². The molecule has 2 rings (SSSR count). The molecule has 0 aliphatic heterocycles. The van der Waals surface area contributed by atoms with Crippen molar-refractivity contribution in [1.29, 1.82) is 0 Å². The zero-order valence-electron chi connectivity index (χ0n) is 34.7. The van der Waals surface area contributed by atoms with Crippen LogP contribution in [0.5, 0.6) is 0 Å². The van der Waals surface area contributed by atoms with Gasteiger partial charge < -0.3 is 18.5 Å². The first-order valence-corrected chi connectivity index (χ1v) is 26.5. The molecule has 1 aromatic rings. The zero-order valence-corrected chi connectivity index (χ0v) is 37.5. The third kappa shape index (κ3) is 11.5. The SMILES string of the molecule is CCCCC[C@@H](/C=C/[C@H]1[C@H](O[Si](C)(C)C(C)(C)C)C[C@H](N(C)C)[C@@]1(C/C=C\CCCC(=O)OC)S(=O)(=O)c1ccccc1)O[Si](C)(C)C(C)(C)C. The Morgan fingerprint density at radius 3 is 2.10 bits per heavy atom. The van der Waals surface area contributed by atoms with Gasteiger partial charge in [0.05, 0.1) is 24.2 Å². The Kier molecular flexibility index (Phi) is 16.7. The van der Waals surface area contributed by atoms with Crippen molar-refractivity contribution >= 4 is 32.4 Å². The molecule has 0 aromatic heterocycles. The predicted molar refractivity (Wildman–Crippen MR) is 219 cm³/mol. The Hall–Kier alpha value is -1.57. The van der Waals surface area contributed by atoms with E-state index in [1.54, 1.807) is 12.1 Å². The number of unbranched alkanes of at least 4 members (excludes halogenated alkanes) is 3. The van der Waals surface area contributed by atoms with E-state index in [-0.39, 0.29) is 34.3 Å². The highest BCUT2D eigenvalue weighted by molar-refractivity contribution is 7.93. The monoisotopic (exact) mass is 763 g/mol. The van der Waals surface area contributed by atoms with E-state index >= 15 is 8.42 Å². The summed E-state index contributed by atoms with van der Waals surface area (Å²) in [7, 11) is -2.96. The maximum absolute atomic E-state index is 15.4. The number of carbonyl (C=O) groups is 1. The first-order valence-electron chi connectivity index (χ1n) is 19.2. The summed E-state index contributed by atoms with van der Waals surface area (Å²) in [6.07, 6.45) is 14.8. The van der Waals surface area contributed by atoms with Gasteiger partial charge >= 0.3 is 5.97 Å². The normalized spacial score (nSPS) is 23.1. The molecule has 1 aromatic carbocycles. The lowest BCUT2D eigenvalue weighted by atomic mass is 9.86. The van der Waals surface area contributed by atoms with Crippen molar-refractivity contribution in [2.45, 2.75) is 170 Å². The van der Waals surface area contributed by atoms with E-state index in [1.165, 1.54) is 7.11 Å². The molecule has 292 valence electrons. The summed E-state index contributed by atoms with van der Waals surface area (Å²) in [5.41, 5.74) is 0. The van der Waals surface area contributed by atoms with Crippen LogP contribution in [0, 0.1) is 5.92 Å². The number of hydrogen-bond acceptors (Lipinski definition) is 7. The molecule has 1 fully saturated rings. The van der Waals surface area contributed by atoms with Crippen molar-refractivity contribution in [3.63, 3.8) is 0 Å². The minimum atomic E-state index is -3.92. The van der Waals surface area contributed by atoms with Crippen molar-refractivity contribution in [3.05, 3.63) is 54.6 Å². The second kappa shape index (κ2) is 18.7. The second-order valence-electron chi connectivity index (χ2n) is 17.9. The van der Waals surface area contributed by atoms with Gasteiger partial charge in [-0.3, -0.25) is 4.79 Å². The van der Waals surface area contributed by atoms with Crippen LogP contribution < -0.4 is 0 Å². The molecule has 1 aliphatic rings. The van der Waals surface area contributed by atoms with Gasteiger partial charge in [-0.05, 0) is 94.6 Å². The maximum Gasteiger partial charge on any atom is 0.305 e. The standard InChI is InChI=1S/C41H73NO6SSi2/c1-15-16-20-25-33(47-50(11,12)39(2,3)4)29-30-35-36(48-51(13,14)40(5,6)7)32-37(42(8)9)41(35,31-24-18-17-23-28-38(43)46-10)49(44,45)34-26-21-19-22-27-34/h18-19,21-22,24,26-27,29-30,33,35-37H,15-17,20,23,25,28,31-32H2,1-14H3/b24-18-,30-29+/t33-,35-,36+,37-,41-/m0/s1. The average molecular weight is 764 g/mol. The van der Waals surface area contributed by atoms with Crippen molar-refractivity contribution in [2.75, 3.05) is 21.2 Å². The number of carbonyl (C=O) groups excluding carboxylic acids is 1. The molecule has 10 heteroatoms. The molecule has 0 N–H and O–H groups in total. The molecule has 0 heterocycles. The van der Waals surface area contributed by atoms with Gasteiger partial charge in [-0.2, -0.15) is 0 Å². The predicted octanol–water partition coefficient (Wildman–Crippen LogP) is 10.4. The van der Waals surface area contributed by atoms with Crippen LogP contribution in [0.25, 0.3) is 0 Å². The topological polar surface area (TPSA) is 82.1 Å². The number of benzene rings is 1. The van der Waals surface area contributed by atoms with E-state index in [2.05, 4.69) is 91.7 Å². The Bertz CT molecular complexity index is 1400. The van der Waals surface area contributed by atoms with E-state index in [9.17, 15) is 4.79 Å². The van der Waals surface area contributed by atoms with Crippen LogP contribution in [-0.4, -0.2) is 80.1 Å². The van der Waals surface area contributed by atoms with Crippen LogP contribution >= 0.6 is 0 Å². The highest BCUT2D eigenvalue weighted by Gasteiger charge is 2.63. The van der Waals surface area contributed by atoms with Crippen molar-refractivity contribution in [1.82, 2.24) is 4.90 Å². The number of methoxy groups -OCH3 is 1. The molecular weight excluding hydrogens is 691 g/mol. The number of sulfone groups is 1. The molecule has 0 spiro atoms. The number of ether oxygens (including phenoxy) is 1. The average Bonchev–Trinajstić information content (AvgIpc) is 3.34. The van der Waals surface area contributed by atoms with E-state index in [0.29, 0.717) is 37.0 Å². The van der Waals surface area contributed by atoms with E-state index in [1.807, 2.05) is 44.4 Å². The molecule has 1 saturated carbocycles.